The number of phenolic OH excluding ortho intramolecular Hbond substituents is 1. The second-order valence-corrected chi connectivity index (χ2v) is 12.5. The molecule has 5 rings (SSSR count). The number of thioether (sulfide) groups is 1. The smallest absolute Gasteiger partial charge is 0.286 e. The van der Waals surface area contributed by atoms with Gasteiger partial charge in [-0.3, -0.25) is 19.8 Å². The topological polar surface area (TPSA) is 88.1 Å². The molecular weight excluding hydrogens is 536 g/mol. The molecule has 2 amide bonds. The maximum atomic E-state index is 11.9. The molecule has 2 N–H and O–H groups in total. The van der Waals surface area contributed by atoms with Crippen molar-refractivity contribution in [2.24, 2.45) is 0 Å². The third-order valence-corrected chi connectivity index (χ3v) is 9.17. The van der Waals surface area contributed by atoms with Crippen molar-refractivity contribution in [1.82, 2.24) is 10.2 Å². The SMILES string of the molecule is Cc1c(C)c2c(c(C)c1O)CCC(C)(CN(CCOc1ccc(CC3SC(=O)NC3=O)cc1)Cc1ccccc1)O2. The molecule has 1 fully saturated rings. The van der Waals surface area contributed by atoms with Gasteiger partial charge < -0.3 is 14.6 Å². The van der Waals surface area contributed by atoms with Gasteiger partial charge in [-0.05, 0) is 86.9 Å². The number of phenols is 1. The minimum Gasteiger partial charge on any atom is -0.507 e. The molecule has 1 saturated heterocycles. The third-order valence-electron chi connectivity index (χ3n) is 8.19. The zero-order valence-corrected chi connectivity index (χ0v) is 25.0. The number of aromatic hydroxyl groups is 1. The van der Waals surface area contributed by atoms with Crippen molar-refractivity contribution in [3.63, 3.8) is 0 Å². The lowest BCUT2D eigenvalue weighted by atomic mass is 9.87. The number of amides is 2. The highest BCUT2D eigenvalue weighted by atomic mass is 32.2. The standard InChI is InChI=1S/C33H38N2O5S/c1-21-22(2)30-27(23(3)29(21)36)14-15-33(4,40-30)20-35(19-25-8-6-5-7-9-25)16-17-39-26-12-10-24(11-13-26)18-28-31(37)34-32(38)41-28/h5-13,28,36H,14-20H2,1-4H3,(H,34,37,38). The van der Waals surface area contributed by atoms with Gasteiger partial charge in [-0.25, -0.2) is 0 Å². The Kier molecular flexibility index (Phi) is 8.61. The van der Waals surface area contributed by atoms with Gasteiger partial charge in [0, 0.05) is 25.2 Å². The van der Waals surface area contributed by atoms with E-state index in [1.165, 1.54) is 5.56 Å². The number of ether oxygens (including phenoxy) is 2. The first kappa shape index (κ1) is 29.0. The molecule has 2 unspecified atom stereocenters. The summed E-state index contributed by atoms with van der Waals surface area (Å²) in [5.41, 5.74) is 5.77. The van der Waals surface area contributed by atoms with Crippen molar-refractivity contribution >= 4 is 22.9 Å². The van der Waals surface area contributed by atoms with Crippen LogP contribution in [0.25, 0.3) is 0 Å². The zero-order valence-electron chi connectivity index (χ0n) is 24.2. The molecule has 216 valence electrons. The van der Waals surface area contributed by atoms with Gasteiger partial charge >= 0.3 is 0 Å². The second-order valence-electron chi connectivity index (χ2n) is 11.4. The molecule has 0 aromatic heterocycles. The van der Waals surface area contributed by atoms with E-state index in [9.17, 15) is 14.7 Å². The summed E-state index contributed by atoms with van der Waals surface area (Å²) in [7, 11) is 0. The number of benzene rings is 3. The number of fused-ring (bicyclic) bond motifs is 1. The molecule has 41 heavy (non-hydrogen) atoms. The molecular formula is C33H38N2O5S. The molecule has 0 spiro atoms. The minimum atomic E-state index is -0.379. The molecule has 7 nitrogen and oxygen atoms in total. The van der Waals surface area contributed by atoms with E-state index in [1.807, 2.05) is 51.1 Å². The summed E-state index contributed by atoms with van der Waals surface area (Å²) in [5.74, 6) is 1.84. The van der Waals surface area contributed by atoms with E-state index in [2.05, 4.69) is 41.4 Å². The molecule has 0 bridgehead atoms. The zero-order chi connectivity index (χ0) is 29.1. The molecule has 2 heterocycles. The second kappa shape index (κ2) is 12.2. The number of nitrogens with one attached hydrogen (secondary N) is 1. The van der Waals surface area contributed by atoms with Gasteiger partial charge in [0.1, 0.15) is 29.5 Å². The summed E-state index contributed by atoms with van der Waals surface area (Å²) in [6.07, 6.45) is 2.23. The summed E-state index contributed by atoms with van der Waals surface area (Å²) < 4.78 is 12.9. The lowest BCUT2D eigenvalue weighted by Crippen LogP contribution is -2.48. The third kappa shape index (κ3) is 6.71. The summed E-state index contributed by atoms with van der Waals surface area (Å²) in [4.78, 5) is 25.7. The Morgan fingerprint density at radius 1 is 1.02 bits per heavy atom. The van der Waals surface area contributed by atoms with Gasteiger partial charge in [0.2, 0.25) is 5.91 Å². The Labute approximate surface area is 246 Å². The monoisotopic (exact) mass is 574 g/mol. The molecule has 2 atom stereocenters. The van der Waals surface area contributed by atoms with E-state index in [4.69, 9.17) is 9.47 Å². The summed E-state index contributed by atoms with van der Waals surface area (Å²) in [6.45, 7) is 10.9. The van der Waals surface area contributed by atoms with Crippen molar-refractivity contribution in [1.29, 1.82) is 0 Å². The van der Waals surface area contributed by atoms with Gasteiger partial charge in [0.15, 0.2) is 0 Å². The molecule has 0 aliphatic carbocycles. The number of carbonyl (C=O) groups excluding carboxylic acids is 2. The van der Waals surface area contributed by atoms with Crippen molar-refractivity contribution in [3.8, 4) is 17.2 Å². The molecule has 8 heteroatoms. The van der Waals surface area contributed by atoms with Crippen molar-refractivity contribution < 1.29 is 24.2 Å². The predicted molar refractivity (Wildman–Crippen MR) is 162 cm³/mol. The molecule has 3 aromatic carbocycles. The summed E-state index contributed by atoms with van der Waals surface area (Å²) >= 11 is 1.05. The van der Waals surface area contributed by atoms with E-state index < -0.39 is 0 Å². The Morgan fingerprint density at radius 2 is 1.76 bits per heavy atom. The predicted octanol–water partition coefficient (Wildman–Crippen LogP) is 5.88. The molecule has 3 aromatic rings. The highest BCUT2D eigenvalue weighted by Gasteiger charge is 2.36. The number of imide groups is 1. The maximum Gasteiger partial charge on any atom is 0.286 e. The highest BCUT2D eigenvalue weighted by Crippen LogP contribution is 2.43. The molecule has 0 saturated carbocycles. The van der Waals surface area contributed by atoms with Gasteiger partial charge in [-0.15, -0.1) is 0 Å². The van der Waals surface area contributed by atoms with Crippen LogP contribution in [0.5, 0.6) is 17.2 Å². The van der Waals surface area contributed by atoms with E-state index in [0.29, 0.717) is 18.8 Å². The first-order valence-corrected chi connectivity index (χ1v) is 15.0. The number of rotatable bonds is 10. The van der Waals surface area contributed by atoms with Crippen LogP contribution in [-0.4, -0.2) is 51.7 Å². The average Bonchev–Trinajstić information content (AvgIpc) is 3.27. The lowest BCUT2D eigenvalue weighted by Gasteiger charge is -2.41. The van der Waals surface area contributed by atoms with Crippen molar-refractivity contribution in [2.75, 3.05) is 19.7 Å². The maximum absolute atomic E-state index is 11.9. The summed E-state index contributed by atoms with van der Waals surface area (Å²) in [5, 5.41) is 12.2. The molecule has 2 aliphatic heterocycles. The van der Waals surface area contributed by atoms with Crippen LogP contribution in [0.4, 0.5) is 4.79 Å². The molecule has 0 radical (unpaired) electrons. The Hall–Kier alpha value is -3.49. The number of carbonyl (C=O) groups is 2. The van der Waals surface area contributed by atoms with Crippen LogP contribution < -0.4 is 14.8 Å². The van der Waals surface area contributed by atoms with Crippen LogP contribution in [-0.2, 0) is 24.2 Å². The largest absolute Gasteiger partial charge is 0.507 e. The van der Waals surface area contributed by atoms with Gasteiger partial charge in [-0.1, -0.05) is 54.2 Å². The number of hydrogen-bond acceptors (Lipinski definition) is 7. The summed E-state index contributed by atoms with van der Waals surface area (Å²) in [6, 6.07) is 18.2. The Morgan fingerprint density at radius 3 is 2.44 bits per heavy atom. The first-order valence-electron chi connectivity index (χ1n) is 14.1. The van der Waals surface area contributed by atoms with Crippen LogP contribution in [0.15, 0.2) is 54.6 Å². The average molecular weight is 575 g/mol. The van der Waals surface area contributed by atoms with E-state index >= 15 is 0 Å². The first-order chi connectivity index (χ1) is 19.6. The highest BCUT2D eigenvalue weighted by molar-refractivity contribution is 8.15. The molecule has 2 aliphatic rings. The van der Waals surface area contributed by atoms with Crippen molar-refractivity contribution in [2.45, 2.75) is 64.4 Å². The van der Waals surface area contributed by atoms with E-state index in [-0.39, 0.29) is 22.0 Å². The normalized spacial score (nSPS) is 20.1. The van der Waals surface area contributed by atoms with Crippen molar-refractivity contribution in [3.05, 3.63) is 88.0 Å². The van der Waals surface area contributed by atoms with Gasteiger partial charge in [0.05, 0.1) is 5.25 Å². The van der Waals surface area contributed by atoms with E-state index in [1.54, 1.807) is 0 Å². The van der Waals surface area contributed by atoms with Gasteiger partial charge in [-0.2, -0.15) is 0 Å². The Bertz CT molecular complexity index is 1430. The number of hydrogen-bond donors (Lipinski definition) is 2. The van der Waals surface area contributed by atoms with Crippen LogP contribution in [0.1, 0.15) is 46.7 Å². The quantitative estimate of drug-likeness (QED) is 0.313. The Balaban J connectivity index is 1.24. The van der Waals surface area contributed by atoms with Crippen LogP contribution in [0.2, 0.25) is 0 Å². The number of nitrogens with zero attached hydrogens (tertiary/aromatic N) is 1. The van der Waals surface area contributed by atoms with Crippen LogP contribution in [0, 0.1) is 20.8 Å². The fourth-order valence-electron chi connectivity index (χ4n) is 5.69. The van der Waals surface area contributed by atoms with Crippen LogP contribution in [0.3, 0.4) is 0 Å². The van der Waals surface area contributed by atoms with Gasteiger partial charge in [0.25, 0.3) is 5.24 Å². The lowest BCUT2D eigenvalue weighted by molar-refractivity contribution is -0.118. The fourth-order valence-corrected chi connectivity index (χ4v) is 6.55. The van der Waals surface area contributed by atoms with E-state index in [0.717, 1.165) is 83.6 Å². The fraction of sp³-hybridized carbons (Fsp3) is 0.394. The minimum absolute atomic E-state index is 0.225. The van der Waals surface area contributed by atoms with Crippen LogP contribution >= 0.6 is 11.8 Å².